The summed E-state index contributed by atoms with van der Waals surface area (Å²) in [6.45, 7) is 1.78. The standard InChI is InChI=1S/C18H12ClFN2O3/c1-10-6-7-12(9-14(10)19)22-17(24)13(16(23)21-18(22)25)8-11-4-2-3-5-15(11)20/h2-9H,1H3,(H,21,23,25). The lowest BCUT2D eigenvalue weighted by atomic mass is 10.1. The molecule has 0 aromatic heterocycles. The Morgan fingerprint density at radius 2 is 1.84 bits per heavy atom. The van der Waals surface area contributed by atoms with Crippen LogP contribution in [0.5, 0.6) is 0 Å². The number of urea groups is 1. The van der Waals surface area contributed by atoms with Gasteiger partial charge in [-0.1, -0.05) is 35.9 Å². The normalized spacial score (nSPS) is 16.4. The van der Waals surface area contributed by atoms with Gasteiger partial charge in [0.15, 0.2) is 0 Å². The second-order valence-electron chi connectivity index (χ2n) is 5.41. The summed E-state index contributed by atoms with van der Waals surface area (Å²) in [5.41, 5.74) is 0.706. The molecule has 7 heteroatoms. The molecule has 0 radical (unpaired) electrons. The monoisotopic (exact) mass is 358 g/mol. The third-order valence-electron chi connectivity index (χ3n) is 3.72. The molecule has 0 aliphatic carbocycles. The Morgan fingerprint density at radius 1 is 1.12 bits per heavy atom. The van der Waals surface area contributed by atoms with Crippen molar-refractivity contribution in [3.8, 4) is 0 Å². The van der Waals surface area contributed by atoms with Crippen molar-refractivity contribution in [3.63, 3.8) is 0 Å². The minimum atomic E-state index is -0.888. The first-order valence-electron chi connectivity index (χ1n) is 7.30. The second-order valence-corrected chi connectivity index (χ2v) is 5.82. The SMILES string of the molecule is Cc1ccc(N2C(=O)NC(=O)C(=Cc3ccccc3F)C2=O)cc1Cl. The molecular weight excluding hydrogens is 347 g/mol. The van der Waals surface area contributed by atoms with Crippen LogP contribution >= 0.6 is 11.6 Å². The Labute approximate surface area is 147 Å². The van der Waals surface area contributed by atoms with E-state index in [1.54, 1.807) is 19.1 Å². The zero-order valence-corrected chi connectivity index (χ0v) is 13.8. The molecule has 0 bridgehead atoms. The number of amides is 4. The van der Waals surface area contributed by atoms with Crippen LogP contribution in [-0.4, -0.2) is 17.8 Å². The largest absolute Gasteiger partial charge is 0.335 e. The van der Waals surface area contributed by atoms with Crippen LogP contribution in [0.25, 0.3) is 6.08 Å². The molecule has 1 saturated heterocycles. The summed E-state index contributed by atoms with van der Waals surface area (Å²) in [6, 6.07) is 9.44. The van der Waals surface area contributed by atoms with Gasteiger partial charge in [0.2, 0.25) is 0 Å². The van der Waals surface area contributed by atoms with Crippen molar-refractivity contribution in [1.82, 2.24) is 5.32 Å². The summed E-state index contributed by atoms with van der Waals surface area (Å²) in [5, 5.41) is 2.45. The molecule has 5 nitrogen and oxygen atoms in total. The lowest BCUT2D eigenvalue weighted by molar-refractivity contribution is -0.122. The molecule has 2 aromatic carbocycles. The van der Waals surface area contributed by atoms with E-state index in [-0.39, 0.29) is 16.8 Å². The average molecular weight is 359 g/mol. The number of aryl methyl sites for hydroxylation is 1. The first kappa shape index (κ1) is 16.9. The quantitative estimate of drug-likeness (QED) is 0.660. The summed E-state index contributed by atoms with van der Waals surface area (Å²) >= 11 is 6.04. The summed E-state index contributed by atoms with van der Waals surface area (Å²) in [4.78, 5) is 37.6. The van der Waals surface area contributed by atoms with Crippen LogP contribution in [0.3, 0.4) is 0 Å². The highest BCUT2D eigenvalue weighted by Crippen LogP contribution is 2.26. The fraction of sp³-hybridized carbons (Fsp3) is 0.0556. The fourth-order valence-electron chi connectivity index (χ4n) is 2.36. The van der Waals surface area contributed by atoms with Crippen molar-refractivity contribution < 1.29 is 18.8 Å². The molecule has 1 N–H and O–H groups in total. The summed E-state index contributed by atoms with van der Waals surface area (Å²) in [5.74, 6) is -2.32. The Hall–Kier alpha value is -2.99. The van der Waals surface area contributed by atoms with Gasteiger partial charge >= 0.3 is 6.03 Å². The van der Waals surface area contributed by atoms with E-state index in [0.717, 1.165) is 16.5 Å². The molecule has 126 valence electrons. The maximum Gasteiger partial charge on any atom is 0.335 e. The van der Waals surface area contributed by atoms with E-state index in [2.05, 4.69) is 5.32 Å². The van der Waals surface area contributed by atoms with Gasteiger partial charge in [-0.2, -0.15) is 0 Å². The van der Waals surface area contributed by atoms with E-state index in [1.165, 1.54) is 30.3 Å². The van der Waals surface area contributed by atoms with Crippen molar-refractivity contribution in [3.05, 3.63) is 70.0 Å². The molecule has 0 spiro atoms. The molecule has 4 amide bonds. The van der Waals surface area contributed by atoms with Gasteiger partial charge in [0.05, 0.1) is 5.69 Å². The second kappa shape index (κ2) is 6.49. The molecule has 1 fully saturated rings. The molecule has 25 heavy (non-hydrogen) atoms. The van der Waals surface area contributed by atoms with Crippen LogP contribution in [0.1, 0.15) is 11.1 Å². The number of halogens is 2. The average Bonchev–Trinajstić information content (AvgIpc) is 2.56. The van der Waals surface area contributed by atoms with Crippen molar-refractivity contribution in [2.24, 2.45) is 0 Å². The van der Waals surface area contributed by atoms with Gasteiger partial charge in [-0.3, -0.25) is 14.9 Å². The molecule has 0 unspecified atom stereocenters. The van der Waals surface area contributed by atoms with E-state index >= 15 is 0 Å². The van der Waals surface area contributed by atoms with E-state index in [0.29, 0.717) is 5.02 Å². The third kappa shape index (κ3) is 3.16. The summed E-state index contributed by atoms with van der Waals surface area (Å²) in [6.07, 6.45) is 1.11. The Balaban J connectivity index is 2.05. The Kier molecular flexibility index (Phi) is 4.37. The molecule has 1 aliphatic heterocycles. The highest BCUT2D eigenvalue weighted by Gasteiger charge is 2.37. The number of benzene rings is 2. The van der Waals surface area contributed by atoms with E-state index in [4.69, 9.17) is 11.6 Å². The first-order valence-corrected chi connectivity index (χ1v) is 7.68. The maximum absolute atomic E-state index is 13.8. The Bertz CT molecular complexity index is 940. The lowest BCUT2D eigenvalue weighted by Crippen LogP contribution is -2.54. The smallest absolute Gasteiger partial charge is 0.273 e. The number of hydrogen-bond acceptors (Lipinski definition) is 3. The van der Waals surface area contributed by atoms with Crippen LogP contribution in [-0.2, 0) is 9.59 Å². The number of nitrogens with one attached hydrogen (secondary N) is 1. The van der Waals surface area contributed by atoms with Crippen LogP contribution in [0.2, 0.25) is 5.02 Å². The van der Waals surface area contributed by atoms with Crippen LogP contribution in [0, 0.1) is 12.7 Å². The van der Waals surface area contributed by atoms with E-state index in [1.807, 2.05) is 0 Å². The highest BCUT2D eigenvalue weighted by atomic mass is 35.5. The number of imide groups is 2. The number of carbonyl (C=O) groups is 3. The molecule has 0 saturated carbocycles. The number of carbonyl (C=O) groups excluding carboxylic acids is 3. The number of hydrogen-bond donors (Lipinski definition) is 1. The molecule has 2 aromatic rings. The van der Waals surface area contributed by atoms with Gasteiger partial charge in [-0.25, -0.2) is 14.1 Å². The topological polar surface area (TPSA) is 66.5 Å². The third-order valence-corrected chi connectivity index (χ3v) is 4.13. The van der Waals surface area contributed by atoms with Gasteiger partial charge < -0.3 is 0 Å². The number of nitrogens with zero attached hydrogens (tertiary/aromatic N) is 1. The van der Waals surface area contributed by atoms with E-state index < -0.39 is 23.7 Å². The van der Waals surface area contributed by atoms with Crippen molar-refractivity contribution >= 4 is 41.2 Å². The van der Waals surface area contributed by atoms with Crippen molar-refractivity contribution in [1.29, 1.82) is 0 Å². The number of barbiturate groups is 1. The minimum Gasteiger partial charge on any atom is -0.273 e. The zero-order chi connectivity index (χ0) is 18.1. The number of rotatable bonds is 2. The Morgan fingerprint density at radius 3 is 2.52 bits per heavy atom. The summed E-state index contributed by atoms with van der Waals surface area (Å²) in [7, 11) is 0. The van der Waals surface area contributed by atoms with Gasteiger partial charge in [-0.15, -0.1) is 0 Å². The predicted molar refractivity (Wildman–Crippen MR) is 91.6 cm³/mol. The first-order chi connectivity index (χ1) is 11.9. The zero-order valence-electron chi connectivity index (χ0n) is 13.0. The molecular formula is C18H12ClFN2O3. The van der Waals surface area contributed by atoms with Crippen molar-refractivity contribution in [2.75, 3.05) is 4.90 Å². The number of anilines is 1. The highest BCUT2D eigenvalue weighted by molar-refractivity contribution is 6.39. The van der Waals surface area contributed by atoms with Gasteiger partial charge in [0, 0.05) is 10.6 Å². The summed E-state index contributed by atoms with van der Waals surface area (Å²) < 4.78 is 13.8. The lowest BCUT2D eigenvalue weighted by Gasteiger charge is -2.26. The van der Waals surface area contributed by atoms with Crippen molar-refractivity contribution in [2.45, 2.75) is 6.92 Å². The van der Waals surface area contributed by atoms with Gasteiger partial charge in [0.25, 0.3) is 11.8 Å². The van der Waals surface area contributed by atoms with Gasteiger partial charge in [0.1, 0.15) is 11.4 Å². The minimum absolute atomic E-state index is 0.0669. The molecule has 0 atom stereocenters. The predicted octanol–water partition coefficient (Wildman–Crippen LogP) is 3.45. The molecule has 3 rings (SSSR count). The molecule has 1 aliphatic rings. The maximum atomic E-state index is 13.8. The van der Waals surface area contributed by atoms with E-state index in [9.17, 15) is 18.8 Å². The fourth-order valence-corrected chi connectivity index (χ4v) is 2.54. The van der Waals surface area contributed by atoms with Crippen LogP contribution in [0.15, 0.2) is 48.0 Å². The molecule has 1 heterocycles. The van der Waals surface area contributed by atoms with Crippen LogP contribution in [0.4, 0.5) is 14.9 Å². The van der Waals surface area contributed by atoms with Crippen LogP contribution < -0.4 is 10.2 Å². The van der Waals surface area contributed by atoms with Gasteiger partial charge in [-0.05, 0) is 36.8 Å².